The summed E-state index contributed by atoms with van der Waals surface area (Å²) in [4.78, 5) is 0. The highest BCUT2D eigenvalue weighted by atomic mass is 28.3. The molecule has 0 bridgehead atoms. The fourth-order valence-corrected chi connectivity index (χ4v) is 5.84. The van der Waals surface area contributed by atoms with E-state index in [9.17, 15) is 0 Å². The maximum absolute atomic E-state index is 2.49. The number of hydrogen-bond acceptors (Lipinski definition) is 0. The first kappa shape index (κ1) is 10.8. The second-order valence-electron chi connectivity index (χ2n) is 5.29. The normalized spacial score (nSPS) is 28.4. The molecule has 0 nitrogen and oxygen atoms in total. The van der Waals surface area contributed by atoms with E-state index in [4.69, 9.17) is 0 Å². The maximum atomic E-state index is 2.49. The van der Waals surface area contributed by atoms with E-state index in [-0.39, 0.29) is 0 Å². The van der Waals surface area contributed by atoms with Crippen molar-refractivity contribution in [1.82, 2.24) is 0 Å². The summed E-state index contributed by atoms with van der Waals surface area (Å²) in [7, 11) is -1.30. The molecular formula is C12H22Si. The lowest BCUT2D eigenvalue weighted by molar-refractivity contribution is 0.462. The summed E-state index contributed by atoms with van der Waals surface area (Å²) >= 11 is 0. The first-order valence-electron chi connectivity index (χ1n) is 5.19. The van der Waals surface area contributed by atoms with Crippen LogP contribution in [0.2, 0.25) is 11.6 Å². The van der Waals surface area contributed by atoms with Crippen molar-refractivity contribution in [3.05, 3.63) is 23.0 Å². The molecule has 1 aliphatic rings. The Bertz CT molecular complexity index is 258. The first-order valence-corrected chi connectivity index (χ1v) is 7.76. The lowest BCUT2D eigenvalue weighted by Crippen LogP contribution is -2.43. The van der Waals surface area contributed by atoms with E-state index in [1.54, 1.807) is 5.20 Å². The predicted octanol–water partition coefficient (Wildman–Crippen LogP) is 4.10. The number of rotatable bonds is 2. The molecular weight excluding hydrogens is 172 g/mol. The maximum Gasteiger partial charge on any atom is 0.107 e. The summed E-state index contributed by atoms with van der Waals surface area (Å²) in [6.45, 7) is 14.3. The Morgan fingerprint density at radius 2 is 1.85 bits per heavy atom. The fraction of sp³-hybridized carbons (Fsp3) is 0.667. The van der Waals surface area contributed by atoms with Crippen molar-refractivity contribution in [2.45, 2.75) is 46.2 Å². The fourth-order valence-electron chi connectivity index (χ4n) is 2.01. The largest absolute Gasteiger partial charge is 0.107 e. The summed E-state index contributed by atoms with van der Waals surface area (Å²) in [5.74, 6) is 0.760. The van der Waals surface area contributed by atoms with Crippen LogP contribution in [0, 0.1) is 5.92 Å². The Morgan fingerprint density at radius 1 is 1.31 bits per heavy atom. The Morgan fingerprint density at radius 3 is 2.15 bits per heavy atom. The Hall–Kier alpha value is -0.303. The second kappa shape index (κ2) is 3.12. The van der Waals surface area contributed by atoms with Gasteiger partial charge in [-0.1, -0.05) is 57.3 Å². The van der Waals surface area contributed by atoms with E-state index in [0.717, 1.165) is 5.92 Å². The predicted molar refractivity (Wildman–Crippen MR) is 63.4 cm³/mol. The zero-order valence-corrected chi connectivity index (χ0v) is 10.8. The minimum Gasteiger partial charge on any atom is -0.0900 e. The molecule has 0 saturated heterocycles. The van der Waals surface area contributed by atoms with Crippen LogP contribution in [-0.2, 0) is 0 Å². The van der Waals surface area contributed by atoms with Gasteiger partial charge in [-0.05, 0) is 17.9 Å². The van der Waals surface area contributed by atoms with E-state index in [1.165, 1.54) is 0 Å². The van der Waals surface area contributed by atoms with Gasteiger partial charge < -0.3 is 0 Å². The average Bonchev–Trinajstić information content (AvgIpc) is 2.33. The summed E-state index contributed by atoms with van der Waals surface area (Å²) in [6.07, 6.45) is 4.56. The molecule has 0 N–H and O–H groups in total. The zero-order valence-electron chi connectivity index (χ0n) is 9.81. The molecule has 1 heterocycles. The molecule has 1 rings (SSSR count). The highest BCUT2D eigenvalue weighted by Gasteiger charge is 2.45. The van der Waals surface area contributed by atoms with E-state index >= 15 is 0 Å². The molecule has 1 aliphatic heterocycles. The van der Waals surface area contributed by atoms with Gasteiger partial charge in [0.1, 0.15) is 8.07 Å². The minimum atomic E-state index is -1.30. The standard InChI is InChI=1S/C12H22Si/c1-10(2)12(4,5)13(6)9-7-8-11(13)3/h7-10H,1-6H3. The van der Waals surface area contributed by atoms with Gasteiger partial charge in [-0.2, -0.15) is 0 Å². The summed E-state index contributed by atoms with van der Waals surface area (Å²) in [6, 6.07) is 0. The molecule has 13 heavy (non-hydrogen) atoms. The third kappa shape index (κ3) is 1.43. The molecule has 0 aromatic heterocycles. The van der Waals surface area contributed by atoms with E-state index in [0.29, 0.717) is 5.04 Å². The molecule has 0 saturated carbocycles. The average molecular weight is 194 g/mol. The Kier molecular flexibility index (Phi) is 2.59. The van der Waals surface area contributed by atoms with E-state index < -0.39 is 8.07 Å². The van der Waals surface area contributed by atoms with Crippen LogP contribution in [0.15, 0.2) is 23.0 Å². The smallest absolute Gasteiger partial charge is 0.0900 e. The van der Waals surface area contributed by atoms with E-state index in [1.807, 2.05) is 0 Å². The van der Waals surface area contributed by atoms with Crippen LogP contribution in [0.4, 0.5) is 0 Å². The molecule has 0 aromatic carbocycles. The van der Waals surface area contributed by atoms with Gasteiger partial charge in [0.15, 0.2) is 0 Å². The number of allylic oxidation sites excluding steroid dienone is 3. The van der Waals surface area contributed by atoms with Gasteiger partial charge in [0.25, 0.3) is 0 Å². The molecule has 0 spiro atoms. The minimum absolute atomic E-state index is 0.473. The van der Waals surface area contributed by atoms with Crippen LogP contribution in [0.3, 0.4) is 0 Å². The molecule has 0 aliphatic carbocycles. The van der Waals surface area contributed by atoms with Gasteiger partial charge in [0, 0.05) is 0 Å². The molecule has 0 fully saturated rings. The van der Waals surface area contributed by atoms with Crippen molar-refractivity contribution in [2.24, 2.45) is 5.92 Å². The third-order valence-electron chi connectivity index (χ3n) is 4.38. The quantitative estimate of drug-likeness (QED) is 0.581. The lowest BCUT2D eigenvalue weighted by Gasteiger charge is -2.43. The van der Waals surface area contributed by atoms with Crippen molar-refractivity contribution < 1.29 is 0 Å². The Balaban J connectivity index is 3.07. The monoisotopic (exact) mass is 194 g/mol. The van der Waals surface area contributed by atoms with Gasteiger partial charge in [-0.15, -0.1) is 0 Å². The molecule has 1 atom stereocenters. The van der Waals surface area contributed by atoms with E-state index in [2.05, 4.69) is 59.0 Å². The SMILES string of the molecule is CC1=CC=C[Si]1(C)C(C)(C)C(C)C. The van der Waals surface area contributed by atoms with Crippen LogP contribution in [0.25, 0.3) is 0 Å². The molecule has 0 amide bonds. The highest BCUT2D eigenvalue weighted by Crippen LogP contribution is 2.49. The Labute approximate surface area is 83.7 Å². The van der Waals surface area contributed by atoms with Crippen LogP contribution < -0.4 is 0 Å². The van der Waals surface area contributed by atoms with Gasteiger partial charge in [-0.25, -0.2) is 0 Å². The van der Waals surface area contributed by atoms with Crippen molar-refractivity contribution in [2.75, 3.05) is 0 Å². The number of hydrogen-bond donors (Lipinski definition) is 0. The summed E-state index contributed by atoms with van der Waals surface area (Å²) in [5.41, 5.74) is 2.49. The molecule has 0 radical (unpaired) electrons. The highest BCUT2D eigenvalue weighted by molar-refractivity contribution is 6.92. The summed E-state index contributed by atoms with van der Waals surface area (Å²) in [5, 5.41) is 2.10. The molecule has 1 unspecified atom stereocenters. The van der Waals surface area contributed by atoms with Crippen LogP contribution in [-0.4, -0.2) is 8.07 Å². The van der Waals surface area contributed by atoms with Gasteiger partial charge in [-0.3, -0.25) is 0 Å². The van der Waals surface area contributed by atoms with Crippen LogP contribution in [0.5, 0.6) is 0 Å². The van der Waals surface area contributed by atoms with Crippen molar-refractivity contribution in [3.63, 3.8) is 0 Å². The second-order valence-corrected chi connectivity index (χ2v) is 10.1. The zero-order chi connectivity index (χ0) is 10.3. The van der Waals surface area contributed by atoms with Crippen molar-refractivity contribution in [3.8, 4) is 0 Å². The molecule has 0 aromatic rings. The third-order valence-corrected chi connectivity index (χ3v) is 10.3. The van der Waals surface area contributed by atoms with Crippen LogP contribution >= 0.6 is 0 Å². The lowest BCUT2D eigenvalue weighted by atomic mass is 9.99. The van der Waals surface area contributed by atoms with Gasteiger partial charge in [0.05, 0.1) is 0 Å². The van der Waals surface area contributed by atoms with Crippen molar-refractivity contribution in [1.29, 1.82) is 0 Å². The first-order chi connectivity index (χ1) is 5.82. The van der Waals surface area contributed by atoms with Gasteiger partial charge >= 0.3 is 0 Å². The summed E-state index contributed by atoms with van der Waals surface area (Å²) < 4.78 is 0. The van der Waals surface area contributed by atoms with Crippen LogP contribution in [0.1, 0.15) is 34.6 Å². The van der Waals surface area contributed by atoms with Gasteiger partial charge in [0.2, 0.25) is 0 Å². The molecule has 74 valence electrons. The van der Waals surface area contributed by atoms with Crippen molar-refractivity contribution >= 4 is 8.07 Å². The topological polar surface area (TPSA) is 0 Å². The molecule has 1 heteroatoms.